The molecule has 0 spiro atoms. The van der Waals surface area contributed by atoms with Crippen molar-refractivity contribution in [1.82, 2.24) is 9.88 Å². The molecular weight excluding hydrogens is 292 g/mol. The Morgan fingerprint density at radius 1 is 1.43 bits per heavy atom. The predicted octanol–water partition coefficient (Wildman–Crippen LogP) is 2.39. The minimum Gasteiger partial charge on any atom is -0.379 e. The van der Waals surface area contributed by atoms with Gasteiger partial charge in [-0.15, -0.1) is 0 Å². The molecule has 0 aromatic carbocycles. The van der Waals surface area contributed by atoms with E-state index in [1.54, 1.807) is 12.3 Å². The molecule has 0 bridgehead atoms. The van der Waals surface area contributed by atoms with Crippen molar-refractivity contribution in [3.63, 3.8) is 0 Å². The van der Waals surface area contributed by atoms with Gasteiger partial charge in [0.2, 0.25) is 0 Å². The monoisotopic (exact) mass is 312 g/mol. The van der Waals surface area contributed by atoms with Gasteiger partial charge >= 0.3 is 0 Å². The molecule has 5 nitrogen and oxygen atoms in total. The molecule has 1 saturated heterocycles. The van der Waals surface area contributed by atoms with E-state index < -0.39 is 0 Å². The van der Waals surface area contributed by atoms with Crippen LogP contribution in [0.4, 0.5) is 0 Å². The molecule has 1 fully saturated rings. The zero-order valence-electron chi connectivity index (χ0n) is 12.3. The van der Waals surface area contributed by atoms with Gasteiger partial charge in [0.25, 0.3) is 5.91 Å². The fourth-order valence-corrected chi connectivity index (χ4v) is 2.53. The summed E-state index contributed by atoms with van der Waals surface area (Å²) in [6.07, 6.45) is 5.00. The van der Waals surface area contributed by atoms with E-state index in [4.69, 9.17) is 21.1 Å². The number of carbonyl (C=O) groups is 1. The molecule has 0 aliphatic carbocycles. The summed E-state index contributed by atoms with van der Waals surface area (Å²) in [7, 11) is 0. The number of pyridine rings is 1. The number of rotatable bonds is 6. The summed E-state index contributed by atoms with van der Waals surface area (Å²) < 4.78 is 11.0. The van der Waals surface area contributed by atoms with Gasteiger partial charge in [-0.3, -0.25) is 9.78 Å². The SMILES string of the molecule is CCOCCOC1CCN(C(=O)c2cnccc2Cl)CC1. The quantitative estimate of drug-likeness (QED) is 0.757. The maximum absolute atomic E-state index is 12.4. The average Bonchev–Trinajstić information content (AvgIpc) is 2.52. The number of amides is 1. The van der Waals surface area contributed by atoms with Crippen molar-refractivity contribution in [2.75, 3.05) is 32.9 Å². The Balaban J connectivity index is 1.78. The van der Waals surface area contributed by atoms with Crippen LogP contribution in [0.3, 0.4) is 0 Å². The van der Waals surface area contributed by atoms with E-state index >= 15 is 0 Å². The van der Waals surface area contributed by atoms with Crippen LogP contribution < -0.4 is 0 Å². The Kier molecular flexibility index (Phi) is 6.42. The van der Waals surface area contributed by atoms with E-state index in [9.17, 15) is 4.79 Å². The molecule has 1 aromatic rings. The van der Waals surface area contributed by atoms with E-state index in [1.165, 1.54) is 6.20 Å². The van der Waals surface area contributed by atoms with Gasteiger partial charge in [-0.1, -0.05) is 11.6 Å². The smallest absolute Gasteiger partial charge is 0.256 e. The zero-order chi connectivity index (χ0) is 15.1. The first kappa shape index (κ1) is 16.2. The van der Waals surface area contributed by atoms with Gasteiger partial charge in [-0.2, -0.15) is 0 Å². The van der Waals surface area contributed by atoms with Crippen molar-refractivity contribution in [2.45, 2.75) is 25.9 Å². The van der Waals surface area contributed by atoms with Gasteiger partial charge in [0.05, 0.1) is 29.9 Å². The first-order chi connectivity index (χ1) is 10.2. The van der Waals surface area contributed by atoms with Crippen LogP contribution in [0.15, 0.2) is 18.5 Å². The number of likely N-dealkylation sites (tertiary alicyclic amines) is 1. The summed E-state index contributed by atoms with van der Waals surface area (Å²) in [5.74, 6) is -0.0548. The van der Waals surface area contributed by atoms with E-state index in [0.717, 1.165) is 12.8 Å². The summed E-state index contributed by atoms with van der Waals surface area (Å²) in [5, 5.41) is 0.449. The predicted molar refractivity (Wildman–Crippen MR) is 80.6 cm³/mol. The minimum atomic E-state index is -0.0548. The number of hydrogen-bond donors (Lipinski definition) is 0. The molecule has 21 heavy (non-hydrogen) atoms. The lowest BCUT2D eigenvalue weighted by atomic mass is 10.1. The Morgan fingerprint density at radius 2 is 2.19 bits per heavy atom. The summed E-state index contributed by atoms with van der Waals surface area (Å²) in [6, 6.07) is 1.64. The molecule has 116 valence electrons. The third-order valence-electron chi connectivity index (χ3n) is 3.51. The second kappa shape index (κ2) is 8.32. The van der Waals surface area contributed by atoms with Gasteiger partial charge in [0.1, 0.15) is 0 Å². The number of nitrogens with zero attached hydrogens (tertiary/aromatic N) is 2. The first-order valence-electron chi connectivity index (χ1n) is 7.30. The van der Waals surface area contributed by atoms with Crippen molar-refractivity contribution in [3.05, 3.63) is 29.0 Å². The maximum atomic E-state index is 12.4. The molecule has 1 aliphatic rings. The number of hydrogen-bond acceptors (Lipinski definition) is 4. The topological polar surface area (TPSA) is 51.7 Å². The highest BCUT2D eigenvalue weighted by Gasteiger charge is 2.25. The normalized spacial score (nSPS) is 16.2. The highest BCUT2D eigenvalue weighted by Crippen LogP contribution is 2.20. The van der Waals surface area contributed by atoms with Gasteiger partial charge in [0, 0.05) is 32.1 Å². The van der Waals surface area contributed by atoms with Gasteiger partial charge in [-0.05, 0) is 25.8 Å². The Morgan fingerprint density at radius 3 is 2.86 bits per heavy atom. The molecule has 0 atom stereocenters. The summed E-state index contributed by atoms with van der Waals surface area (Å²) in [6.45, 7) is 5.28. The Bertz CT molecular complexity index is 462. The first-order valence-corrected chi connectivity index (χ1v) is 7.68. The highest BCUT2D eigenvalue weighted by molar-refractivity contribution is 6.33. The van der Waals surface area contributed by atoms with Crippen LogP contribution in [0.2, 0.25) is 5.02 Å². The van der Waals surface area contributed by atoms with Crippen molar-refractivity contribution < 1.29 is 14.3 Å². The largest absolute Gasteiger partial charge is 0.379 e. The van der Waals surface area contributed by atoms with Crippen LogP contribution >= 0.6 is 11.6 Å². The van der Waals surface area contributed by atoms with Crippen LogP contribution in [0, 0.1) is 0 Å². The fraction of sp³-hybridized carbons (Fsp3) is 0.600. The molecule has 0 radical (unpaired) electrons. The Hall–Kier alpha value is -1.17. The van der Waals surface area contributed by atoms with Crippen LogP contribution in [0.25, 0.3) is 0 Å². The van der Waals surface area contributed by atoms with Crippen molar-refractivity contribution in [2.24, 2.45) is 0 Å². The van der Waals surface area contributed by atoms with E-state index in [1.807, 2.05) is 11.8 Å². The molecule has 2 rings (SSSR count). The second-order valence-electron chi connectivity index (χ2n) is 4.91. The van der Waals surface area contributed by atoms with E-state index in [0.29, 0.717) is 43.5 Å². The third-order valence-corrected chi connectivity index (χ3v) is 3.84. The minimum absolute atomic E-state index is 0.0548. The van der Waals surface area contributed by atoms with E-state index in [2.05, 4.69) is 4.98 Å². The molecule has 1 amide bonds. The molecule has 1 aliphatic heterocycles. The molecule has 6 heteroatoms. The lowest BCUT2D eigenvalue weighted by molar-refractivity contribution is -0.0182. The van der Waals surface area contributed by atoms with Crippen LogP contribution in [-0.2, 0) is 9.47 Å². The number of piperidine rings is 1. The highest BCUT2D eigenvalue weighted by atomic mass is 35.5. The Labute approximate surface area is 130 Å². The number of aromatic nitrogens is 1. The zero-order valence-corrected chi connectivity index (χ0v) is 13.0. The average molecular weight is 313 g/mol. The van der Waals surface area contributed by atoms with E-state index in [-0.39, 0.29) is 12.0 Å². The van der Waals surface area contributed by atoms with Crippen molar-refractivity contribution in [3.8, 4) is 0 Å². The summed E-state index contributed by atoms with van der Waals surface area (Å²) in [4.78, 5) is 18.1. The van der Waals surface area contributed by atoms with Gasteiger partial charge in [-0.25, -0.2) is 0 Å². The van der Waals surface area contributed by atoms with Crippen LogP contribution in [0.5, 0.6) is 0 Å². The van der Waals surface area contributed by atoms with Crippen LogP contribution in [0.1, 0.15) is 30.1 Å². The molecule has 0 saturated carbocycles. The lowest BCUT2D eigenvalue weighted by Gasteiger charge is -2.32. The molecule has 1 aromatic heterocycles. The van der Waals surface area contributed by atoms with Crippen molar-refractivity contribution in [1.29, 1.82) is 0 Å². The fourth-order valence-electron chi connectivity index (χ4n) is 2.35. The molecule has 0 N–H and O–H groups in total. The molecule has 0 unspecified atom stereocenters. The van der Waals surface area contributed by atoms with Crippen LogP contribution in [-0.4, -0.2) is 54.8 Å². The molecular formula is C15H21ClN2O3. The number of halogens is 1. The van der Waals surface area contributed by atoms with Gasteiger partial charge < -0.3 is 14.4 Å². The molecule has 2 heterocycles. The summed E-state index contributed by atoms with van der Waals surface area (Å²) >= 11 is 6.04. The number of ether oxygens (including phenoxy) is 2. The lowest BCUT2D eigenvalue weighted by Crippen LogP contribution is -2.41. The second-order valence-corrected chi connectivity index (χ2v) is 5.32. The van der Waals surface area contributed by atoms with Gasteiger partial charge in [0.15, 0.2) is 0 Å². The number of carbonyl (C=O) groups excluding carboxylic acids is 1. The summed E-state index contributed by atoms with van der Waals surface area (Å²) in [5.41, 5.74) is 0.467. The standard InChI is InChI=1S/C15H21ClN2O3/c1-2-20-9-10-21-12-4-7-18(8-5-12)15(19)13-11-17-6-3-14(13)16/h3,6,11-12H,2,4-5,7-10H2,1H3. The third kappa shape index (κ3) is 4.66. The van der Waals surface area contributed by atoms with Crippen molar-refractivity contribution >= 4 is 17.5 Å². The maximum Gasteiger partial charge on any atom is 0.256 e.